The van der Waals surface area contributed by atoms with Gasteiger partial charge in [0, 0.05) is 0 Å². The highest BCUT2D eigenvalue weighted by atomic mass is 35.5. The molecule has 0 heterocycles. The van der Waals surface area contributed by atoms with Crippen LogP contribution in [0.25, 0.3) is 0 Å². The topological polar surface area (TPSA) is 29.4 Å². The van der Waals surface area contributed by atoms with Crippen LogP contribution in [0.5, 0.6) is 0 Å². The number of nitrogens with zero attached hydrogens (tertiary/aromatic N) is 1. The molecule has 3 heteroatoms. The molecule has 0 aliphatic rings. The molecule has 0 atom stereocenters. The zero-order valence-electron chi connectivity index (χ0n) is 6.75. The van der Waals surface area contributed by atoms with Crippen LogP contribution in [0.4, 0.5) is 5.69 Å². The Morgan fingerprint density at radius 1 is 1.38 bits per heavy atom. The van der Waals surface area contributed by atoms with Crippen LogP contribution in [0.15, 0.2) is 29.3 Å². The maximum absolute atomic E-state index is 10.0. The van der Waals surface area contributed by atoms with Gasteiger partial charge in [-0.2, -0.15) is 4.99 Å². The number of rotatable bonds is 1. The van der Waals surface area contributed by atoms with Gasteiger partial charge < -0.3 is 0 Å². The molecule has 0 radical (unpaired) electrons. The Morgan fingerprint density at radius 3 is 2.85 bits per heavy atom. The monoisotopic (exact) mass is 191 g/mol. The Balaban J connectivity index is 3.11. The van der Waals surface area contributed by atoms with Gasteiger partial charge in [0.05, 0.1) is 17.1 Å². The maximum Gasteiger partial charge on any atom is 0.240 e. The van der Waals surface area contributed by atoms with E-state index < -0.39 is 0 Å². The number of halogens is 1. The average Bonchev–Trinajstić information content (AvgIpc) is 2.17. The highest BCUT2D eigenvalue weighted by Crippen LogP contribution is 2.16. The molecule has 0 fully saturated rings. The van der Waals surface area contributed by atoms with Crippen molar-refractivity contribution >= 4 is 23.4 Å². The zero-order valence-corrected chi connectivity index (χ0v) is 7.51. The lowest BCUT2D eigenvalue weighted by Gasteiger charge is -1.93. The first kappa shape index (κ1) is 9.54. The van der Waals surface area contributed by atoms with Crippen molar-refractivity contribution in [3.63, 3.8) is 0 Å². The van der Waals surface area contributed by atoms with Crippen LogP contribution in [0, 0.1) is 11.8 Å². The summed E-state index contributed by atoms with van der Waals surface area (Å²) in [6, 6.07) is 7.07. The van der Waals surface area contributed by atoms with Gasteiger partial charge in [0.2, 0.25) is 6.08 Å². The number of para-hydroxylation sites is 1. The average molecular weight is 192 g/mol. The Labute approximate surface area is 81.3 Å². The Hall–Kier alpha value is -1.55. The molecule has 1 rings (SSSR count). The summed E-state index contributed by atoms with van der Waals surface area (Å²) in [5.74, 6) is 5.75. The predicted molar refractivity (Wildman–Crippen MR) is 51.8 cm³/mol. The predicted octanol–water partition coefficient (Wildman–Crippen LogP) is 2.24. The zero-order chi connectivity index (χ0) is 9.52. The van der Waals surface area contributed by atoms with Crippen LogP contribution in [0.1, 0.15) is 5.56 Å². The van der Waals surface area contributed by atoms with Gasteiger partial charge >= 0.3 is 0 Å². The summed E-state index contributed by atoms with van der Waals surface area (Å²) in [5.41, 5.74) is 1.21. The first-order chi connectivity index (χ1) is 6.38. The summed E-state index contributed by atoms with van der Waals surface area (Å²) in [6.45, 7) is 0. The van der Waals surface area contributed by atoms with Crippen LogP contribution in [-0.2, 0) is 4.79 Å². The molecule has 0 aromatic heterocycles. The lowest BCUT2D eigenvalue weighted by molar-refractivity contribution is 0.565. The van der Waals surface area contributed by atoms with E-state index in [0.717, 1.165) is 0 Å². The summed E-state index contributed by atoms with van der Waals surface area (Å²) in [4.78, 5) is 13.5. The summed E-state index contributed by atoms with van der Waals surface area (Å²) in [7, 11) is 0. The van der Waals surface area contributed by atoms with Gasteiger partial charge in [-0.1, -0.05) is 24.0 Å². The number of aliphatic imine (C=N–C) groups is 1. The molecule has 1 aromatic rings. The Morgan fingerprint density at radius 2 is 2.15 bits per heavy atom. The van der Waals surface area contributed by atoms with Crippen LogP contribution >= 0.6 is 11.6 Å². The van der Waals surface area contributed by atoms with Crippen molar-refractivity contribution in [1.29, 1.82) is 0 Å². The summed E-state index contributed by atoms with van der Waals surface area (Å²) in [6.07, 6.45) is 1.48. The molecule has 0 saturated heterocycles. The quantitative estimate of drug-likeness (QED) is 0.290. The molecule has 1 aromatic carbocycles. The van der Waals surface area contributed by atoms with E-state index in [2.05, 4.69) is 16.8 Å². The number of isocyanates is 1. The highest BCUT2D eigenvalue weighted by Gasteiger charge is 1.94. The lowest BCUT2D eigenvalue weighted by atomic mass is 10.2. The molecule has 0 saturated carbocycles. The highest BCUT2D eigenvalue weighted by molar-refractivity contribution is 6.19. The first-order valence-corrected chi connectivity index (χ1v) is 4.13. The van der Waals surface area contributed by atoms with E-state index in [1.54, 1.807) is 18.2 Å². The minimum absolute atomic E-state index is 0.263. The fourth-order valence-electron chi connectivity index (χ4n) is 0.855. The normalized spacial score (nSPS) is 8.08. The van der Waals surface area contributed by atoms with E-state index >= 15 is 0 Å². The molecule has 0 amide bonds. The van der Waals surface area contributed by atoms with E-state index in [9.17, 15) is 4.79 Å². The fraction of sp³-hybridized carbons (Fsp3) is 0.100. The van der Waals surface area contributed by atoms with Gasteiger partial charge in [-0.25, -0.2) is 4.79 Å². The minimum Gasteiger partial charge on any atom is -0.211 e. The van der Waals surface area contributed by atoms with Gasteiger partial charge in [0.15, 0.2) is 0 Å². The number of alkyl halides is 1. The standard InChI is InChI=1S/C10H6ClNO/c11-7-3-5-9-4-1-2-6-10(9)12-8-13/h1-2,4,6H,7H2. The van der Waals surface area contributed by atoms with E-state index in [1.807, 2.05) is 6.07 Å². The van der Waals surface area contributed by atoms with Crippen LogP contribution in [-0.4, -0.2) is 12.0 Å². The number of benzene rings is 1. The van der Waals surface area contributed by atoms with Gasteiger partial charge in [-0.3, -0.25) is 0 Å². The molecule has 0 aliphatic carbocycles. The molecule has 64 valence electrons. The molecule has 0 N–H and O–H groups in total. The van der Waals surface area contributed by atoms with Crippen molar-refractivity contribution in [2.45, 2.75) is 0 Å². The van der Waals surface area contributed by atoms with E-state index in [-0.39, 0.29) is 5.88 Å². The summed E-state index contributed by atoms with van der Waals surface area (Å²) >= 11 is 5.40. The van der Waals surface area contributed by atoms with Crippen LogP contribution in [0.3, 0.4) is 0 Å². The Kier molecular flexibility index (Phi) is 3.78. The van der Waals surface area contributed by atoms with E-state index in [4.69, 9.17) is 11.6 Å². The smallest absolute Gasteiger partial charge is 0.211 e. The lowest BCUT2D eigenvalue weighted by Crippen LogP contribution is -1.75. The molecule has 0 aliphatic heterocycles. The first-order valence-electron chi connectivity index (χ1n) is 3.60. The van der Waals surface area contributed by atoms with E-state index in [0.29, 0.717) is 11.3 Å². The van der Waals surface area contributed by atoms with Gasteiger partial charge in [-0.05, 0) is 12.1 Å². The van der Waals surface area contributed by atoms with Crippen molar-refractivity contribution in [1.82, 2.24) is 0 Å². The molecular weight excluding hydrogens is 186 g/mol. The third kappa shape index (κ3) is 2.76. The fourth-order valence-corrected chi connectivity index (χ4v) is 0.921. The second kappa shape index (κ2) is 5.16. The van der Waals surface area contributed by atoms with E-state index in [1.165, 1.54) is 6.08 Å². The number of hydrogen-bond acceptors (Lipinski definition) is 2. The number of hydrogen-bond donors (Lipinski definition) is 0. The third-order valence-electron chi connectivity index (χ3n) is 1.36. The van der Waals surface area contributed by atoms with Gasteiger partial charge in [0.1, 0.15) is 0 Å². The molecule has 0 spiro atoms. The largest absolute Gasteiger partial charge is 0.240 e. The maximum atomic E-state index is 10.0. The minimum atomic E-state index is 0.263. The second-order valence-electron chi connectivity index (χ2n) is 2.16. The second-order valence-corrected chi connectivity index (χ2v) is 2.42. The SMILES string of the molecule is O=C=Nc1ccccc1C#CCCl. The molecule has 2 nitrogen and oxygen atoms in total. The van der Waals surface area contributed by atoms with Gasteiger partial charge in [-0.15, -0.1) is 11.6 Å². The van der Waals surface area contributed by atoms with Crippen LogP contribution < -0.4 is 0 Å². The van der Waals surface area contributed by atoms with Gasteiger partial charge in [0.25, 0.3) is 0 Å². The van der Waals surface area contributed by atoms with Crippen LogP contribution in [0.2, 0.25) is 0 Å². The molecule has 0 bridgehead atoms. The molecule has 13 heavy (non-hydrogen) atoms. The summed E-state index contributed by atoms with van der Waals surface area (Å²) in [5, 5.41) is 0. The van der Waals surface area contributed by atoms with Crippen molar-refractivity contribution in [3.05, 3.63) is 29.8 Å². The summed E-state index contributed by atoms with van der Waals surface area (Å²) < 4.78 is 0. The number of carbonyl (C=O) groups excluding carboxylic acids is 1. The third-order valence-corrected chi connectivity index (χ3v) is 1.49. The molecular formula is C10H6ClNO. The van der Waals surface area contributed by atoms with Crippen molar-refractivity contribution in [2.75, 3.05) is 5.88 Å². The Bertz CT molecular complexity index is 397. The van der Waals surface area contributed by atoms with Crippen molar-refractivity contribution in [3.8, 4) is 11.8 Å². The van der Waals surface area contributed by atoms with Crippen molar-refractivity contribution < 1.29 is 4.79 Å². The van der Waals surface area contributed by atoms with Crippen molar-refractivity contribution in [2.24, 2.45) is 4.99 Å². The molecule has 0 unspecified atom stereocenters.